The van der Waals surface area contributed by atoms with Crippen LogP contribution in [0, 0.1) is 0 Å². The van der Waals surface area contributed by atoms with E-state index in [0.717, 1.165) is 24.8 Å². The Morgan fingerprint density at radius 3 is 2.68 bits per heavy atom. The van der Waals surface area contributed by atoms with Crippen LogP contribution >= 0.6 is 11.8 Å². The Hall–Kier alpha value is -0.680. The fourth-order valence-electron chi connectivity index (χ4n) is 2.87. The number of fused-ring (bicyclic) bond motifs is 1. The van der Waals surface area contributed by atoms with Gasteiger partial charge in [0, 0.05) is 11.2 Å². The van der Waals surface area contributed by atoms with Gasteiger partial charge in [-0.2, -0.15) is 13.2 Å². The summed E-state index contributed by atoms with van der Waals surface area (Å²) < 4.78 is 36.7. The first-order valence-corrected chi connectivity index (χ1v) is 7.35. The summed E-state index contributed by atoms with van der Waals surface area (Å²) in [5.74, 6) is -0.00159. The Kier molecular flexibility index (Phi) is 4.46. The average molecular weight is 290 g/mol. The molecule has 0 spiro atoms. The van der Waals surface area contributed by atoms with Crippen molar-refractivity contribution >= 4 is 11.8 Å². The van der Waals surface area contributed by atoms with Gasteiger partial charge in [0.05, 0.1) is 6.61 Å². The SMILES string of the molecule is OCC1(CCSC(F)(F)F)CCCc2ccccc21. The zero-order chi connectivity index (χ0) is 13.9. The summed E-state index contributed by atoms with van der Waals surface area (Å²) in [5.41, 5.74) is -2.48. The second kappa shape index (κ2) is 5.75. The molecule has 106 valence electrons. The highest BCUT2D eigenvalue weighted by molar-refractivity contribution is 8.00. The molecule has 1 aromatic rings. The summed E-state index contributed by atoms with van der Waals surface area (Å²) in [6.07, 6.45) is 3.00. The number of aryl methyl sites for hydroxylation is 1. The van der Waals surface area contributed by atoms with Gasteiger partial charge in [-0.15, -0.1) is 0 Å². The minimum atomic E-state index is -4.19. The van der Waals surface area contributed by atoms with Crippen LogP contribution in [-0.2, 0) is 11.8 Å². The number of hydrogen-bond acceptors (Lipinski definition) is 2. The number of hydrogen-bond donors (Lipinski definition) is 1. The molecule has 1 aliphatic carbocycles. The molecule has 0 saturated heterocycles. The van der Waals surface area contributed by atoms with Crippen molar-refractivity contribution in [2.24, 2.45) is 0 Å². The third-order valence-electron chi connectivity index (χ3n) is 3.84. The highest BCUT2D eigenvalue weighted by atomic mass is 32.2. The first kappa shape index (κ1) is 14.7. The molecule has 1 aromatic carbocycles. The van der Waals surface area contributed by atoms with Gasteiger partial charge in [-0.05, 0) is 36.8 Å². The first-order chi connectivity index (χ1) is 8.97. The van der Waals surface area contributed by atoms with E-state index in [1.54, 1.807) is 0 Å². The van der Waals surface area contributed by atoms with E-state index in [1.807, 2.05) is 24.3 Å². The summed E-state index contributed by atoms with van der Waals surface area (Å²) in [6, 6.07) is 7.79. The van der Waals surface area contributed by atoms with Gasteiger partial charge in [-0.1, -0.05) is 36.0 Å². The highest BCUT2D eigenvalue weighted by Gasteiger charge is 2.37. The Labute approximate surface area is 115 Å². The number of rotatable bonds is 4. The van der Waals surface area contributed by atoms with Crippen molar-refractivity contribution in [3.8, 4) is 0 Å². The van der Waals surface area contributed by atoms with Crippen LogP contribution in [0.2, 0.25) is 0 Å². The van der Waals surface area contributed by atoms with Gasteiger partial charge in [0.2, 0.25) is 0 Å². The molecule has 0 amide bonds. The summed E-state index contributed by atoms with van der Waals surface area (Å²) in [5, 5.41) is 9.73. The van der Waals surface area contributed by atoms with E-state index in [2.05, 4.69) is 0 Å². The first-order valence-electron chi connectivity index (χ1n) is 6.37. The lowest BCUT2D eigenvalue weighted by atomic mass is 9.69. The minimum absolute atomic E-state index is 0.00159. The molecule has 1 aliphatic rings. The van der Waals surface area contributed by atoms with E-state index in [-0.39, 0.29) is 24.1 Å². The van der Waals surface area contributed by atoms with Gasteiger partial charge in [-0.3, -0.25) is 0 Å². The Balaban J connectivity index is 2.15. The molecular weight excluding hydrogens is 273 g/mol. The van der Waals surface area contributed by atoms with Crippen molar-refractivity contribution in [1.29, 1.82) is 0 Å². The molecule has 2 rings (SSSR count). The van der Waals surface area contributed by atoms with Crippen LogP contribution in [0.25, 0.3) is 0 Å². The van der Waals surface area contributed by atoms with Crippen LogP contribution in [0.15, 0.2) is 24.3 Å². The maximum Gasteiger partial charge on any atom is 0.441 e. The zero-order valence-electron chi connectivity index (χ0n) is 10.5. The molecule has 1 N–H and O–H groups in total. The lowest BCUT2D eigenvalue weighted by Crippen LogP contribution is -2.35. The quantitative estimate of drug-likeness (QED) is 0.907. The van der Waals surface area contributed by atoms with Gasteiger partial charge in [-0.25, -0.2) is 0 Å². The van der Waals surface area contributed by atoms with Crippen molar-refractivity contribution in [1.82, 2.24) is 0 Å². The Bertz CT molecular complexity index is 433. The maximum absolute atomic E-state index is 12.2. The normalized spacial score (nSPS) is 23.2. The van der Waals surface area contributed by atoms with Gasteiger partial charge in [0.1, 0.15) is 0 Å². The van der Waals surface area contributed by atoms with Crippen LogP contribution in [0.3, 0.4) is 0 Å². The van der Waals surface area contributed by atoms with Gasteiger partial charge >= 0.3 is 5.51 Å². The third-order valence-corrected chi connectivity index (χ3v) is 4.57. The Morgan fingerprint density at radius 1 is 1.26 bits per heavy atom. The van der Waals surface area contributed by atoms with Crippen molar-refractivity contribution in [3.63, 3.8) is 0 Å². The molecule has 5 heteroatoms. The smallest absolute Gasteiger partial charge is 0.395 e. The zero-order valence-corrected chi connectivity index (χ0v) is 11.4. The second-order valence-corrected chi connectivity index (χ2v) is 6.15. The number of aliphatic hydroxyl groups is 1. The molecule has 1 unspecified atom stereocenters. The molecule has 0 aliphatic heterocycles. The van der Waals surface area contributed by atoms with E-state index < -0.39 is 10.9 Å². The van der Waals surface area contributed by atoms with Gasteiger partial charge in [0.25, 0.3) is 0 Å². The summed E-state index contributed by atoms with van der Waals surface area (Å²) in [4.78, 5) is 0. The van der Waals surface area contributed by atoms with Gasteiger partial charge < -0.3 is 5.11 Å². The summed E-state index contributed by atoms with van der Waals surface area (Å²) >= 11 is 0.00469. The summed E-state index contributed by atoms with van der Waals surface area (Å²) in [7, 11) is 0. The number of benzene rings is 1. The van der Waals surface area contributed by atoms with Crippen molar-refractivity contribution in [2.45, 2.75) is 36.6 Å². The minimum Gasteiger partial charge on any atom is -0.395 e. The third kappa shape index (κ3) is 3.45. The fraction of sp³-hybridized carbons (Fsp3) is 0.571. The van der Waals surface area contributed by atoms with Gasteiger partial charge in [0.15, 0.2) is 0 Å². The monoisotopic (exact) mass is 290 g/mol. The molecule has 1 nitrogen and oxygen atoms in total. The van der Waals surface area contributed by atoms with E-state index in [1.165, 1.54) is 5.56 Å². The lowest BCUT2D eigenvalue weighted by molar-refractivity contribution is -0.0329. The van der Waals surface area contributed by atoms with E-state index >= 15 is 0 Å². The number of alkyl halides is 3. The molecule has 0 saturated carbocycles. The second-order valence-electron chi connectivity index (χ2n) is 4.99. The van der Waals surface area contributed by atoms with Crippen LogP contribution in [0.4, 0.5) is 13.2 Å². The van der Waals surface area contributed by atoms with Crippen LogP contribution in [-0.4, -0.2) is 23.0 Å². The van der Waals surface area contributed by atoms with Crippen molar-refractivity contribution in [2.75, 3.05) is 12.4 Å². The molecule has 0 bridgehead atoms. The maximum atomic E-state index is 12.2. The van der Waals surface area contributed by atoms with E-state index in [4.69, 9.17) is 0 Å². The highest BCUT2D eigenvalue weighted by Crippen LogP contribution is 2.42. The molecule has 19 heavy (non-hydrogen) atoms. The number of halogens is 3. The van der Waals surface area contributed by atoms with E-state index in [9.17, 15) is 18.3 Å². The summed E-state index contributed by atoms with van der Waals surface area (Å²) in [6.45, 7) is -0.0809. The standard InChI is InChI=1S/C14H17F3OS/c15-14(16,17)19-9-8-13(10-18)7-3-5-11-4-1-2-6-12(11)13/h1-2,4,6,18H,3,5,7-10H2. The molecule has 0 heterocycles. The predicted octanol–water partition coefficient (Wildman–Crippen LogP) is 3.90. The largest absolute Gasteiger partial charge is 0.441 e. The van der Waals surface area contributed by atoms with Crippen molar-refractivity contribution in [3.05, 3.63) is 35.4 Å². The molecule has 0 radical (unpaired) electrons. The lowest BCUT2D eigenvalue weighted by Gasteiger charge is -2.38. The molecule has 0 aromatic heterocycles. The fourth-order valence-corrected chi connectivity index (χ4v) is 3.60. The van der Waals surface area contributed by atoms with Crippen LogP contribution < -0.4 is 0 Å². The molecular formula is C14H17F3OS. The number of thioether (sulfide) groups is 1. The number of aliphatic hydroxyl groups excluding tert-OH is 1. The molecule has 0 fully saturated rings. The van der Waals surface area contributed by atoms with Crippen molar-refractivity contribution < 1.29 is 18.3 Å². The van der Waals surface area contributed by atoms with Crippen LogP contribution in [0.1, 0.15) is 30.4 Å². The Morgan fingerprint density at radius 2 is 2.00 bits per heavy atom. The van der Waals surface area contributed by atoms with Crippen LogP contribution in [0.5, 0.6) is 0 Å². The topological polar surface area (TPSA) is 20.2 Å². The predicted molar refractivity (Wildman–Crippen MR) is 71.3 cm³/mol. The van der Waals surface area contributed by atoms with E-state index in [0.29, 0.717) is 6.42 Å². The average Bonchev–Trinajstić information content (AvgIpc) is 2.37. The molecule has 1 atom stereocenters.